The van der Waals surface area contributed by atoms with E-state index < -0.39 is 0 Å². The van der Waals surface area contributed by atoms with Gasteiger partial charge in [0.2, 0.25) is 0 Å². The average Bonchev–Trinajstić information content (AvgIpc) is 2.68. The van der Waals surface area contributed by atoms with Gasteiger partial charge in [-0.05, 0) is 33.5 Å². The molecule has 1 aromatic rings. The Morgan fingerprint density at radius 2 is 2.12 bits per heavy atom. The topological polar surface area (TPSA) is 38.1 Å². The van der Waals surface area contributed by atoms with E-state index in [2.05, 4.69) is 25.0 Å². The predicted octanol–water partition coefficient (Wildman–Crippen LogP) is 1.53. The maximum Gasteiger partial charge on any atom is 0.140 e. The summed E-state index contributed by atoms with van der Waals surface area (Å²) in [4.78, 5) is 13.8. The molecule has 96 valence electrons. The lowest BCUT2D eigenvalue weighted by Crippen LogP contribution is -2.18. The monoisotopic (exact) mass is 237 g/mol. The van der Waals surface area contributed by atoms with Crippen molar-refractivity contribution < 1.29 is 4.79 Å². The fraction of sp³-hybridized carbons (Fsp3) is 0.692. The van der Waals surface area contributed by atoms with Crippen LogP contribution in [0.25, 0.3) is 0 Å². The standard InChI is InChI=1S/C13H23N3O/c1-5-11-9-12(16(6-2)14-11)10-13(17)7-8-15(3)4/h9H,5-8,10H2,1-4H3. The van der Waals surface area contributed by atoms with Gasteiger partial charge in [0, 0.05) is 31.6 Å². The second-order valence-electron chi connectivity index (χ2n) is 4.57. The number of hydrogen-bond acceptors (Lipinski definition) is 3. The molecule has 0 bridgehead atoms. The third-order valence-corrected chi connectivity index (χ3v) is 2.79. The molecule has 0 unspecified atom stereocenters. The molecular weight excluding hydrogens is 214 g/mol. The molecule has 4 nitrogen and oxygen atoms in total. The highest BCUT2D eigenvalue weighted by Crippen LogP contribution is 2.08. The van der Waals surface area contributed by atoms with E-state index in [-0.39, 0.29) is 5.78 Å². The summed E-state index contributed by atoms with van der Waals surface area (Å²) in [6, 6.07) is 2.05. The Kier molecular flexibility index (Phi) is 5.35. The molecule has 1 aromatic heterocycles. The molecule has 1 rings (SSSR count). The molecule has 0 saturated carbocycles. The first-order valence-electron chi connectivity index (χ1n) is 6.28. The van der Waals surface area contributed by atoms with E-state index >= 15 is 0 Å². The number of nitrogens with zero attached hydrogens (tertiary/aromatic N) is 3. The van der Waals surface area contributed by atoms with E-state index in [1.807, 2.05) is 23.7 Å². The summed E-state index contributed by atoms with van der Waals surface area (Å²) in [6.45, 7) is 5.79. The largest absolute Gasteiger partial charge is 0.309 e. The fourth-order valence-corrected chi connectivity index (χ4v) is 1.74. The quantitative estimate of drug-likeness (QED) is 0.722. The molecule has 0 radical (unpaired) electrons. The molecule has 0 aliphatic rings. The Balaban J connectivity index is 2.60. The molecule has 1 heterocycles. The zero-order valence-corrected chi connectivity index (χ0v) is 11.4. The Bertz CT molecular complexity index is 369. The number of rotatable bonds is 7. The van der Waals surface area contributed by atoms with Crippen LogP contribution in [-0.2, 0) is 24.2 Å². The van der Waals surface area contributed by atoms with E-state index in [1.165, 1.54) is 0 Å². The lowest BCUT2D eigenvalue weighted by atomic mass is 10.1. The zero-order chi connectivity index (χ0) is 12.8. The van der Waals surface area contributed by atoms with Crippen molar-refractivity contribution in [3.05, 3.63) is 17.5 Å². The third kappa shape index (κ3) is 4.30. The number of carbonyl (C=O) groups is 1. The molecule has 0 fully saturated rings. The smallest absolute Gasteiger partial charge is 0.140 e. The second-order valence-corrected chi connectivity index (χ2v) is 4.57. The van der Waals surface area contributed by atoms with Gasteiger partial charge in [0.15, 0.2) is 0 Å². The highest BCUT2D eigenvalue weighted by Gasteiger charge is 2.10. The summed E-state index contributed by atoms with van der Waals surface area (Å²) in [7, 11) is 3.97. The number of aromatic nitrogens is 2. The van der Waals surface area contributed by atoms with Gasteiger partial charge < -0.3 is 4.90 Å². The predicted molar refractivity (Wildman–Crippen MR) is 69.2 cm³/mol. The molecule has 4 heteroatoms. The average molecular weight is 237 g/mol. The minimum Gasteiger partial charge on any atom is -0.309 e. The van der Waals surface area contributed by atoms with Crippen molar-refractivity contribution in [2.75, 3.05) is 20.6 Å². The first-order chi connectivity index (χ1) is 8.06. The molecule has 0 saturated heterocycles. The molecule has 0 amide bonds. The first-order valence-corrected chi connectivity index (χ1v) is 6.28. The SMILES string of the molecule is CCc1cc(CC(=O)CCN(C)C)n(CC)n1. The maximum absolute atomic E-state index is 11.8. The highest BCUT2D eigenvalue weighted by molar-refractivity contribution is 5.80. The summed E-state index contributed by atoms with van der Waals surface area (Å²) in [5.41, 5.74) is 2.12. The van der Waals surface area contributed by atoms with Gasteiger partial charge >= 0.3 is 0 Å². The second kappa shape index (κ2) is 6.55. The molecule has 17 heavy (non-hydrogen) atoms. The Morgan fingerprint density at radius 3 is 2.65 bits per heavy atom. The van der Waals surface area contributed by atoms with Crippen LogP contribution in [0.1, 0.15) is 31.7 Å². The van der Waals surface area contributed by atoms with Gasteiger partial charge in [0.25, 0.3) is 0 Å². The molecule has 0 aromatic carbocycles. The van der Waals surface area contributed by atoms with Crippen LogP contribution < -0.4 is 0 Å². The third-order valence-electron chi connectivity index (χ3n) is 2.79. The number of Topliss-reactive ketones (excluding diaryl/α,β-unsaturated/α-hetero) is 1. The van der Waals surface area contributed by atoms with Gasteiger partial charge in [0.05, 0.1) is 5.69 Å². The molecule has 0 aliphatic heterocycles. The van der Waals surface area contributed by atoms with Gasteiger partial charge in [-0.15, -0.1) is 0 Å². The minimum atomic E-state index is 0.288. The van der Waals surface area contributed by atoms with Crippen LogP contribution in [0.3, 0.4) is 0 Å². The van der Waals surface area contributed by atoms with Crippen LogP contribution in [0.15, 0.2) is 6.07 Å². The van der Waals surface area contributed by atoms with Gasteiger partial charge in [-0.25, -0.2) is 0 Å². The van der Waals surface area contributed by atoms with Crippen molar-refractivity contribution in [2.45, 2.75) is 39.7 Å². The Morgan fingerprint density at radius 1 is 1.41 bits per heavy atom. The van der Waals surface area contributed by atoms with Crippen molar-refractivity contribution in [2.24, 2.45) is 0 Å². The summed E-state index contributed by atoms with van der Waals surface area (Å²) >= 11 is 0. The van der Waals surface area contributed by atoms with Crippen molar-refractivity contribution in [1.82, 2.24) is 14.7 Å². The first kappa shape index (κ1) is 13.9. The van der Waals surface area contributed by atoms with Crippen molar-refractivity contribution in [3.8, 4) is 0 Å². The number of hydrogen-bond donors (Lipinski definition) is 0. The van der Waals surface area contributed by atoms with Gasteiger partial charge in [0.1, 0.15) is 5.78 Å². The van der Waals surface area contributed by atoms with Gasteiger partial charge in [-0.2, -0.15) is 5.10 Å². The Hall–Kier alpha value is -1.16. The van der Waals surface area contributed by atoms with E-state index in [4.69, 9.17) is 0 Å². The maximum atomic E-state index is 11.8. The molecule has 0 atom stereocenters. The lowest BCUT2D eigenvalue weighted by molar-refractivity contribution is -0.118. The van der Waals surface area contributed by atoms with Gasteiger partial charge in [-0.3, -0.25) is 9.48 Å². The normalized spacial score (nSPS) is 11.1. The molecule has 0 N–H and O–H groups in total. The number of aryl methyl sites for hydroxylation is 2. The highest BCUT2D eigenvalue weighted by atomic mass is 16.1. The lowest BCUT2D eigenvalue weighted by Gasteiger charge is -2.08. The van der Waals surface area contributed by atoms with E-state index in [1.54, 1.807) is 0 Å². The summed E-state index contributed by atoms with van der Waals surface area (Å²) in [5.74, 6) is 0.288. The van der Waals surface area contributed by atoms with Crippen LogP contribution >= 0.6 is 0 Å². The van der Waals surface area contributed by atoms with Crippen LogP contribution in [0, 0.1) is 0 Å². The van der Waals surface area contributed by atoms with Crippen molar-refractivity contribution in [3.63, 3.8) is 0 Å². The van der Waals surface area contributed by atoms with Crippen molar-refractivity contribution in [1.29, 1.82) is 0 Å². The van der Waals surface area contributed by atoms with Crippen LogP contribution in [-0.4, -0.2) is 41.1 Å². The minimum absolute atomic E-state index is 0.288. The number of carbonyl (C=O) groups excluding carboxylic acids is 1. The van der Waals surface area contributed by atoms with Crippen LogP contribution in [0.2, 0.25) is 0 Å². The Labute approximate surface area is 104 Å². The van der Waals surface area contributed by atoms with Crippen LogP contribution in [0.5, 0.6) is 0 Å². The van der Waals surface area contributed by atoms with Crippen molar-refractivity contribution >= 4 is 5.78 Å². The van der Waals surface area contributed by atoms with E-state index in [0.717, 1.165) is 30.9 Å². The fourth-order valence-electron chi connectivity index (χ4n) is 1.74. The van der Waals surface area contributed by atoms with E-state index in [0.29, 0.717) is 12.8 Å². The molecule has 0 spiro atoms. The summed E-state index contributed by atoms with van der Waals surface area (Å²) < 4.78 is 1.94. The summed E-state index contributed by atoms with van der Waals surface area (Å²) in [6.07, 6.45) is 2.05. The van der Waals surface area contributed by atoms with Crippen LogP contribution in [0.4, 0.5) is 0 Å². The molecular formula is C13H23N3O. The van der Waals surface area contributed by atoms with Gasteiger partial charge in [-0.1, -0.05) is 6.92 Å². The van der Waals surface area contributed by atoms with E-state index in [9.17, 15) is 4.79 Å². The molecule has 0 aliphatic carbocycles. The summed E-state index contributed by atoms with van der Waals surface area (Å²) in [5, 5.41) is 4.45. The number of ketones is 1. The zero-order valence-electron chi connectivity index (χ0n) is 11.4.